The quantitative estimate of drug-likeness (QED) is 0.740. The molecule has 0 aliphatic rings. The SMILES string of the molecule is CC(=O)Nc1ccc(CNC(=O)c2cnn(-c3ccccc3)c2C)cn1. The van der Waals surface area contributed by atoms with E-state index in [2.05, 4.69) is 20.7 Å². The molecule has 3 aromatic rings. The highest BCUT2D eigenvalue weighted by Gasteiger charge is 2.14. The fourth-order valence-electron chi connectivity index (χ4n) is 2.52. The maximum atomic E-state index is 12.5. The van der Waals surface area contributed by atoms with Crippen LogP contribution in [0.4, 0.5) is 5.82 Å². The van der Waals surface area contributed by atoms with Gasteiger partial charge in [-0.25, -0.2) is 9.67 Å². The number of carbonyl (C=O) groups is 2. The first kappa shape index (κ1) is 17.3. The van der Waals surface area contributed by atoms with E-state index in [0.717, 1.165) is 16.9 Å². The fourth-order valence-corrected chi connectivity index (χ4v) is 2.52. The van der Waals surface area contributed by atoms with Crippen molar-refractivity contribution in [2.45, 2.75) is 20.4 Å². The normalized spacial score (nSPS) is 10.4. The van der Waals surface area contributed by atoms with Gasteiger partial charge in [0.05, 0.1) is 23.1 Å². The second kappa shape index (κ2) is 7.60. The van der Waals surface area contributed by atoms with Gasteiger partial charge in [-0.3, -0.25) is 9.59 Å². The number of pyridine rings is 1. The van der Waals surface area contributed by atoms with Crippen molar-refractivity contribution in [3.05, 3.63) is 71.7 Å². The zero-order valence-corrected chi connectivity index (χ0v) is 14.6. The monoisotopic (exact) mass is 349 g/mol. The number of para-hydroxylation sites is 1. The molecule has 0 aliphatic carbocycles. The summed E-state index contributed by atoms with van der Waals surface area (Å²) in [5.74, 6) is 0.104. The zero-order valence-electron chi connectivity index (χ0n) is 14.6. The Morgan fingerprint density at radius 1 is 1.08 bits per heavy atom. The molecule has 2 N–H and O–H groups in total. The molecule has 0 radical (unpaired) electrons. The van der Waals surface area contributed by atoms with Gasteiger partial charge < -0.3 is 10.6 Å². The molecule has 0 atom stereocenters. The molecule has 1 aromatic carbocycles. The van der Waals surface area contributed by atoms with Crippen LogP contribution in [-0.4, -0.2) is 26.6 Å². The van der Waals surface area contributed by atoms with Crippen LogP contribution < -0.4 is 10.6 Å². The van der Waals surface area contributed by atoms with Gasteiger partial charge in [0.1, 0.15) is 5.82 Å². The molecule has 7 heteroatoms. The minimum absolute atomic E-state index is 0.176. The first-order chi connectivity index (χ1) is 12.5. The Bertz CT molecular complexity index is 917. The number of nitrogens with one attached hydrogen (secondary N) is 2. The lowest BCUT2D eigenvalue weighted by molar-refractivity contribution is -0.114. The Morgan fingerprint density at radius 3 is 2.50 bits per heavy atom. The van der Waals surface area contributed by atoms with Gasteiger partial charge in [-0.1, -0.05) is 24.3 Å². The Balaban J connectivity index is 1.65. The predicted molar refractivity (Wildman–Crippen MR) is 98.0 cm³/mol. The number of anilines is 1. The fraction of sp³-hybridized carbons (Fsp3) is 0.158. The molecule has 0 spiro atoms. The first-order valence-electron chi connectivity index (χ1n) is 8.15. The number of rotatable bonds is 5. The number of hydrogen-bond donors (Lipinski definition) is 2. The van der Waals surface area contributed by atoms with E-state index in [0.29, 0.717) is 17.9 Å². The Labute approximate surface area is 151 Å². The summed E-state index contributed by atoms with van der Waals surface area (Å²) < 4.78 is 1.73. The number of nitrogens with zero attached hydrogens (tertiary/aromatic N) is 3. The van der Waals surface area contributed by atoms with Crippen molar-refractivity contribution < 1.29 is 9.59 Å². The highest BCUT2D eigenvalue weighted by Crippen LogP contribution is 2.14. The summed E-state index contributed by atoms with van der Waals surface area (Å²) >= 11 is 0. The predicted octanol–water partition coefficient (Wildman–Crippen LogP) is 2.46. The maximum absolute atomic E-state index is 12.5. The third-order valence-corrected chi connectivity index (χ3v) is 3.84. The largest absolute Gasteiger partial charge is 0.348 e. The van der Waals surface area contributed by atoms with Gasteiger partial charge in [0.25, 0.3) is 5.91 Å². The summed E-state index contributed by atoms with van der Waals surface area (Å²) in [5, 5.41) is 9.77. The zero-order chi connectivity index (χ0) is 18.5. The van der Waals surface area contributed by atoms with Crippen molar-refractivity contribution in [3.63, 3.8) is 0 Å². The van der Waals surface area contributed by atoms with Crippen molar-refractivity contribution in [3.8, 4) is 5.69 Å². The van der Waals surface area contributed by atoms with Gasteiger partial charge >= 0.3 is 0 Å². The van der Waals surface area contributed by atoms with Crippen LogP contribution in [-0.2, 0) is 11.3 Å². The molecule has 0 saturated heterocycles. The van der Waals surface area contributed by atoms with E-state index in [4.69, 9.17) is 0 Å². The lowest BCUT2D eigenvalue weighted by atomic mass is 10.2. The average molecular weight is 349 g/mol. The molecule has 0 unspecified atom stereocenters. The Kier molecular flexibility index (Phi) is 5.07. The molecule has 0 fully saturated rings. The maximum Gasteiger partial charge on any atom is 0.255 e. The van der Waals surface area contributed by atoms with Gasteiger partial charge in [-0.2, -0.15) is 5.10 Å². The molecule has 2 amide bonds. The van der Waals surface area contributed by atoms with Crippen molar-refractivity contribution in [1.82, 2.24) is 20.1 Å². The topological polar surface area (TPSA) is 88.9 Å². The average Bonchev–Trinajstić information content (AvgIpc) is 3.03. The van der Waals surface area contributed by atoms with Crippen LogP contribution in [0, 0.1) is 6.92 Å². The van der Waals surface area contributed by atoms with Gasteiger partial charge in [0.15, 0.2) is 0 Å². The van der Waals surface area contributed by atoms with Crippen LogP contribution in [0.3, 0.4) is 0 Å². The summed E-state index contributed by atoms with van der Waals surface area (Å²) in [5.41, 5.74) is 3.03. The van der Waals surface area contributed by atoms with Crippen molar-refractivity contribution in [2.24, 2.45) is 0 Å². The van der Waals surface area contributed by atoms with Crippen molar-refractivity contribution in [2.75, 3.05) is 5.32 Å². The number of amides is 2. The van der Waals surface area contributed by atoms with Crippen LogP contribution in [0.15, 0.2) is 54.9 Å². The Morgan fingerprint density at radius 2 is 1.85 bits per heavy atom. The van der Waals surface area contributed by atoms with Crippen LogP contribution in [0.25, 0.3) is 5.69 Å². The highest BCUT2D eigenvalue weighted by molar-refractivity contribution is 5.95. The molecule has 2 aromatic heterocycles. The second-order valence-electron chi connectivity index (χ2n) is 5.81. The highest BCUT2D eigenvalue weighted by atomic mass is 16.2. The lowest BCUT2D eigenvalue weighted by Gasteiger charge is -2.07. The van der Waals surface area contributed by atoms with E-state index >= 15 is 0 Å². The van der Waals surface area contributed by atoms with E-state index in [1.54, 1.807) is 29.2 Å². The van der Waals surface area contributed by atoms with E-state index < -0.39 is 0 Å². The molecular formula is C19H19N5O2. The number of hydrogen-bond acceptors (Lipinski definition) is 4. The first-order valence-corrected chi connectivity index (χ1v) is 8.15. The molecule has 0 aliphatic heterocycles. The molecule has 0 saturated carbocycles. The van der Waals surface area contributed by atoms with Crippen molar-refractivity contribution in [1.29, 1.82) is 0 Å². The lowest BCUT2D eigenvalue weighted by Crippen LogP contribution is -2.23. The third-order valence-electron chi connectivity index (χ3n) is 3.84. The van der Waals surface area contributed by atoms with Crippen LogP contribution in [0.5, 0.6) is 0 Å². The van der Waals surface area contributed by atoms with E-state index in [-0.39, 0.29) is 11.8 Å². The van der Waals surface area contributed by atoms with Crippen LogP contribution in [0.2, 0.25) is 0 Å². The third kappa shape index (κ3) is 3.94. The van der Waals surface area contributed by atoms with E-state index in [9.17, 15) is 9.59 Å². The van der Waals surface area contributed by atoms with Gasteiger partial charge in [-0.05, 0) is 30.7 Å². The summed E-state index contributed by atoms with van der Waals surface area (Å²) in [7, 11) is 0. The van der Waals surface area contributed by atoms with E-state index in [1.807, 2.05) is 37.3 Å². The molecule has 2 heterocycles. The molecular weight excluding hydrogens is 330 g/mol. The summed E-state index contributed by atoms with van der Waals surface area (Å²) in [6.07, 6.45) is 3.18. The minimum atomic E-state index is -0.199. The molecule has 0 bridgehead atoms. The molecule has 3 rings (SSSR count). The molecule has 7 nitrogen and oxygen atoms in total. The van der Waals surface area contributed by atoms with Crippen LogP contribution in [0.1, 0.15) is 28.5 Å². The van der Waals surface area contributed by atoms with Gasteiger partial charge in [-0.15, -0.1) is 0 Å². The van der Waals surface area contributed by atoms with Crippen LogP contribution >= 0.6 is 0 Å². The Hall–Kier alpha value is -3.48. The number of benzene rings is 1. The smallest absolute Gasteiger partial charge is 0.255 e. The van der Waals surface area contributed by atoms with Gasteiger partial charge in [0, 0.05) is 19.7 Å². The van der Waals surface area contributed by atoms with Gasteiger partial charge in [0.2, 0.25) is 5.91 Å². The summed E-state index contributed by atoms with van der Waals surface area (Å²) in [6, 6.07) is 13.1. The van der Waals surface area contributed by atoms with Crippen molar-refractivity contribution >= 4 is 17.6 Å². The molecule has 26 heavy (non-hydrogen) atoms. The number of carbonyl (C=O) groups excluding carboxylic acids is 2. The summed E-state index contributed by atoms with van der Waals surface area (Å²) in [6.45, 7) is 3.62. The van der Waals surface area contributed by atoms with E-state index in [1.165, 1.54) is 6.92 Å². The number of aromatic nitrogens is 3. The molecule has 132 valence electrons. The minimum Gasteiger partial charge on any atom is -0.348 e. The second-order valence-corrected chi connectivity index (χ2v) is 5.81. The standard InChI is InChI=1S/C19H19N5O2/c1-13-17(12-22-24(13)16-6-4-3-5-7-16)19(26)21-11-15-8-9-18(20-10-15)23-14(2)25/h3-10,12H,11H2,1-2H3,(H,21,26)(H,20,23,25). The summed E-state index contributed by atoms with van der Waals surface area (Å²) in [4.78, 5) is 27.6.